The van der Waals surface area contributed by atoms with Crippen molar-refractivity contribution in [2.24, 2.45) is 0 Å². The molecule has 0 aliphatic heterocycles. The molecular weight excluding hydrogens is 342 g/mol. The summed E-state index contributed by atoms with van der Waals surface area (Å²) >= 11 is 0. The minimum Gasteiger partial charge on any atom is -0.493 e. The van der Waals surface area contributed by atoms with Crippen molar-refractivity contribution < 1.29 is 4.74 Å². The van der Waals surface area contributed by atoms with E-state index in [4.69, 9.17) is 9.72 Å². The number of H-pyrrole nitrogens is 1. The van der Waals surface area contributed by atoms with Gasteiger partial charge in [-0.3, -0.25) is 0 Å². The number of fused-ring (bicyclic) bond motifs is 6. The van der Waals surface area contributed by atoms with E-state index in [0.717, 1.165) is 28.2 Å². The molecular formula is C23H20B2N2O. The minimum atomic E-state index is 0.626. The normalized spacial score (nSPS) is 11.5. The second-order valence-electron chi connectivity index (χ2n) is 7.34. The first-order valence-electron chi connectivity index (χ1n) is 9.70. The van der Waals surface area contributed by atoms with Crippen molar-refractivity contribution in [3.8, 4) is 17.1 Å². The molecule has 5 rings (SSSR count). The van der Waals surface area contributed by atoms with Gasteiger partial charge in [0.15, 0.2) is 0 Å². The van der Waals surface area contributed by atoms with Gasteiger partial charge in [0.05, 0.1) is 23.2 Å². The van der Waals surface area contributed by atoms with Crippen molar-refractivity contribution in [3.05, 3.63) is 60.7 Å². The van der Waals surface area contributed by atoms with Gasteiger partial charge < -0.3 is 9.72 Å². The smallest absolute Gasteiger partial charge is 0.142 e. The van der Waals surface area contributed by atoms with Crippen molar-refractivity contribution in [3.63, 3.8) is 0 Å². The van der Waals surface area contributed by atoms with E-state index in [2.05, 4.69) is 63.1 Å². The molecule has 0 aliphatic rings. The summed E-state index contributed by atoms with van der Waals surface area (Å²) in [6.45, 7) is 2.63. The zero-order chi connectivity index (χ0) is 19.3. The maximum Gasteiger partial charge on any atom is 0.142 e. The Morgan fingerprint density at radius 2 is 1.54 bits per heavy atom. The van der Waals surface area contributed by atoms with Crippen LogP contribution in [0.1, 0.15) is 6.92 Å². The van der Waals surface area contributed by atoms with Gasteiger partial charge in [-0.05, 0) is 29.8 Å². The highest BCUT2D eigenvalue weighted by Crippen LogP contribution is 2.36. The Morgan fingerprint density at radius 1 is 0.857 bits per heavy atom. The number of aromatic nitrogens is 2. The van der Waals surface area contributed by atoms with Gasteiger partial charge in [0, 0.05) is 10.8 Å². The predicted molar refractivity (Wildman–Crippen MR) is 124 cm³/mol. The molecule has 0 spiro atoms. The number of hydrogen-bond acceptors (Lipinski definition) is 2. The van der Waals surface area contributed by atoms with Crippen LogP contribution in [0.2, 0.25) is 0 Å². The Balaban J connectivity index is 1.91. The van der Waals surface area contributed by atoms with Gasteiger partial charge in [-0.25, -0.2) is 4.98 Å². The number of rotatable bonds is 3. The molecule has 0 atom stereocenters. The van der Waals surface area contributed by atoms with Crippen LogP contribution in [-0.4, -0.2) is 32.3 Å². The van der Waals surface area contributed by atoms with E-state index >= 15 is 0 Å². The van der Waals surface area contributed by atoms with Crippen LogP contribution < -0.4 is 15.7 Å². The van der Waals surface area contributed by atoms with Gasteiger partial charge in [-0.2, -0.15) is 0 Å². The van der Waals surface area contributed by atoms with Gasteiger partial charge in [0.25, 0.3) is 0 Å². The summed E-state index contributed by atoms with van der Waals surface area (Å²) in [6, 6.07) is 21.3. The lowest BCUT2D eigenvalue weighted by Gasteiger charge is -2.08. The molecule has 0 aliphatic carbocycles. The third-order valence-corrected chi connectivity index (χ3v) is 5.31. The first-order valence-corrected chi connectivity index (χ1v) is 9.70. The molecule has 0 radical (unpaired) electrons. The van der Waals surface area contributed by atoms with Crippen LogP contribution in [0.4, 0.5) is 0 Å². The molecule has 1 N–H and O–H groups in total. The van der Waals surface area contributed by atoms with Crippen LogP contribution in [0.25, 0.3) is 44.0 Å². The summed E-state index contributed by atoms with van der Waals surface area (Å²) in [7, 11) is 4.26. The minimum absolute atomic E-state index is 0.626. The highest BCUT2D eigenvalue weighted by Gasteiger charge is 2.16. The quantitative estimate of drug-likeness (QED) is 0.396. The maximum absolute atomic E-state index is 5.84. The van der Waals surface area contributed by atoms with Crippen LogP contribution >= 0.6 is 0 Å². The van der Waals surface area contributed by atoms with Crippen LogP contribution in [0.15, 0.2) is 60.7 Å². The Kier molecular flexibility index (Phi) is 3.90. The first-order chi connectivity index (χ1) is 13.7. The molecule has 0 unspecified atom stereocenters. The van der Waals surface area contributed by atoms with Crippen LogP contribution in [0.3, 0.4) is 0 Å². The Labute approximate surface area is 165 Å². The molecule has 28 heavy (non-hydrogen) atoms. The van der Waals surface area contributed by atoms with Gasteiger partial charge >= 0.3 is 0 Å². The van der Waals surface area contributed by atoms with E-state index in [0.29, 0.717) is 6.61 Å². The molecule has 0 bridgehead atoms. The topological polar surface area (TPSA) is 37.9 Å². The fourth-order valence-corrected chi connectivity index (χ4v) is 4.02. The lowest BCUT2D eigenvalue weighted by atomic mass is 9.88. The molecule has 0 saturated carbocycles. The Morgan fingerprint density at radius 3 is 2.29 bits per heavy atom. The van der Waals surface area contributed by atoms with Crippen LogP contribution in [-0.2, 0) is 0 Å². The third-order valence-electron chi connectivity index (χ3n) is 5.31. The van der Waals surface area contributed by atoms with E-state index in [1.807, 2.05) is 25.1 Å². The number of nitrogens with one attached hydrogen (secondary N) is 1. The van der Waals surface area contributed by atoms with Crippen molar-refractivity contribution in [2.45, 2.75) is 6.92 Å². The summed E-state index contributed by atoms with van der Waals surface area (Å²) in [5, 5.41) is 4.88. The number of benzene rings is 4. The number of nitrogens with zero attached hydrogens (tertiary/aromatic N) is 1. The van der Waals surface area contributed by atoms with E-state index in [1.165, 1.54) is 32.5 Å². The monoisotopic (exact) mass is 362 g/mol. The number of hydrogen-bond donors (Lipinski definition) is 1. The Bertz CT molecular complexity index is 1280. The van der Waals surface area contributed by atoms with E-state index < -0.39 is 0 Å². The van der Waals surface area contributed by atoms with E-state index in [1.54, 1.807) is 0 Å². The zero-order valence-electron chi connectivity index (χ0n) is 16.3. The first kappa shape index (κ1) is 16.9. The van der Waals surface area contributed by atoms with Crippen molar-refractivity contribution in [1.82, 2.24) is 9.97 Å². The van der Waals surface area contributed by atoms with Gasteiger partial charge in [-0.15, -0.1) is 0 Å². The average molecular weight is 362 g/mol. The molecule has 1 aromatic heterocycles. The van der Waals surface area contributed by atoms with Gasteiger partial charge in [-0.1, -0.05) is 59.5 Å². The lowest BCUT2D eigenvalue weighted by molar-refractivity contribution is 0.341. The second-order valence-corrected chi connectivity index (χ2v) is 7.34. The van der Waals surface area contributed by atoms with Crippen LogP contribution in [0.5, 0.6) is 5.75 Å². The summed E-state index contributed by atoms with van der Waals surface area (Å²) in [5.41, 5.74) is 5.56. The molecule has 0 saturated heterocycles. The Hall–Kier alpha value is -3.20. The molecule has 134 valence electrons. The van der Waals surface area contributed by atoms with Crippen molar-refractivity contribution >= 4 is 59.2 Å². The number of para-hydroxylation sites is 1. The highest BCUT2D eigenvalue weighted by molar-refractivity contribution is 6.37. The molecule has 0 fully saturated rings. The zero-order valence-corrected chi connectivity index (χ0v) is 16.3. The molecule has 5 heteroatoms. The average Bonchev–Trinajstić information content (AvgIpc) is 3.14. The third kappa shape index (κ3) is 2.58. The molecule has 0 amide bonds. The van der Waals surface area contributed by atoms with E-state index in [-0.39, 0.29) is 0 Å². The standard InChI is InChI=1S/C23H20B2N2O/c1-2-28-20-6-4-3-5-17(20)23-26-21-18-11-13(24)7-9-15(18)16-10-8-14(25)12-19(16)22(21)27-23/h3-12H,2,24-25H2,1H3,(H,26,27). The number of aromatic amines is 1. The van der Waals surface area contributed by atoms with Crippen molar-refractivity contribution in [2.75, 3.05) is 6.61 Å². The molecule has 1 heterocycles. The van der Waals surface area contributed by atoms with Gasteiger partial charge in [0.2, 0.25) is 0 Å². The summed E-state index contributed by atoms with van der Waals surface area (Å²) < 4.78 is 5.84. The SMILES string of the molecule is Bc1ccc2c3ccc(B)cc3c3[nH]c(-c4ccccc4OCC)nc3c2c1. The summed E-state index contributed by atoms with van der Waals surface area (Å²) in [6.07, 6.45) is 0. The lowest BCUT2D eigenvalue weighted by Crippen LogP contribution is -2.02. The molecule has 3 nitrogen and oxygen atoms in total. The number of ether oxygens (including phenoxy) is 1. The number of imidazole rings is 1. The summed E-state index contributed by atoms with van der Waals surface area (Å²) in [5.74, 6) is 1.70. The molecule has 5 aromatic rings. The van der Waals surface area contributed by atoms with Crippen molar-refractivity contribution in [1.29, 1.82) is 0 Å². The van der Waals surface area contributed by atoms with Crippen LogP contribution in [0, 0.1) is 0 Å². The largest absolute Gasteiger partial charge is 0.493 e. The fourth-order valence-electron chi connectivity index (χ4n) is 4.02. The second kappa shape index (κ2) is 6.45. The summed E-state index contributed by atoms with van der Waals surface area (Å²) in [4.78, 5) is 8.64. The van der Waals surface area contributed by atoms with Gasteiger partial charge in [0.1, 0.15) is 27.3 Å². The predicted octanol–water partition coefficient (Wildman–Crippen LogP) is 2.45. The highest BCUT2D eigenvalue weighted by atomic mass is 16.5. The fraction of sp³-hybridized carbons (Fsp3) is 0.0870. The maximum atomic E-state index is 5.84. The molecule has 4 aromatic carbocycles. The van der Waals surface area contributed by atoms with E-state index in [9.17, 15) is 0 Å².